The smallest absolute Gasteiger partial charge is 0.323 e. The standard InChI is InChI=1S/C13H14N4O3S/c1-16-5-8(4-14-16)12-15-10(7-21-12)13(20)17(6-11(18)19)9-2-3-9/h4-5,7,9H,2-3,6H2,1H3,(H,18,19). The first-order valence-corrected chi connectivity index (χ1v) is 7.40. The van der Waals surface area contributed by atoms with Crippen molar-refractivity contribution in [1.82, 2.24) is 19.7 Å². The average Bonchev–Trinajstić information content (AvgIpc) is 2.98. The summed E-state index contributed by atoms with van der Waals surface area (Å²) in [7, 11) is 1.81. The molecule has 1 aliphatic rings. The first-order chi connectivity index (χ1) is 10.0. The number of thiazole rings is 1. The lowest BCUT2D eigenvalue weighted by molar-refractivity contribution is -0.137. The van der Waals surface area contributed by atoms with Crippen LogP contribution in [-0.2, 0) is 11.8 Å². The van der Waals surface area contributed by atoms with Gasteiger partial charge in [-0.05, 0) is 12.8 Å². The Morgan fingerprint density at radius 3 is 2.86 bits per heavy atom. The normalized spacial score (nSPS) is 14.1. The van der Waals surface area contributed by atoms with E-state index >= 15 is 0 Å². The number of hydrogen-bond acceptors (Lipinski definition) is 5. The molecule has 1 aliphatic carbocycles. The highest BCUT2D eigenvalue weighted by molar-refractivity contribution is 7.13. The molecule has 0 radical (unpaired) electrons. The van der Waals surface area contributed by atoms with Gasteiger partial charge in [-0.15, -0.1) is 11.3 Å². The lowest BCUT2D eigenvalue weighted by Gasteiger charge is -2.18. The maximum Gasteiger partial charge on any atom is 0.323 e. The van der Waals surface area contributed by atoms with Crippen LogP contribution >= 0.6 is 11.3 Å². The van der Waals surface area contributed by atoms with Crippen LogP contribution in [0.3, 0.4) is 0 Å². The van der Waals surface area contributed by atoms with Crippen molar-refractivity contribution in [1.29, 1.82) is 0 Å². The molecular weight excluding hydrogens is 292 g/mol. The van der Waals surface area contributed by atoms with Crippen LogP contribution in [-0.4, -0.2) is 49.2 Å². The largest absolute Gasteiger partial charge is 0.480 e. The average molecular weight is 306 g/mol. The van der Waals surface area contributed by atoms with Gasteiger partial charge < -0.3 is 10.0 Å². The van der Waals surface area contributed by atoms with E-state index in [0.29, 0.717) is 10.7 Å². The summed E-state index contributed by atoms with van der Waals surface area (Å²) in [5.74, 6) is -1.32. The fourth-order valence-corrected chi connectivity index (χ4v) is 2.85. The van der Waals surface area contributed by atoms with E-state index in [-0.39, 0.29) is 18.5 Å². The number of aryl methyl sites for hydroxylation is 1. The predicted molar refractivity (Wildman–Crippen MR) is 76.0 cm³/mol. The summed E-state index contributed by atoms with van der Waals surface area (Å²) in [4.78, 5) is 29.0. The van der Waals surface area contributed by atoms with Gasteiger partial charge >= 0.3 is 5.97 Å². The summed E-state index contributed by atoms with van der Waals surface area (Å²) in [6.45, 7) is -0.275. The van der Waals surface area contributed by atoms with Crippen molar-refractivity contribution in [2.24, 2.45) is 7.05 Å². The molecule has 2 aromatic rings. The lowest BCUT2D eigenvalue weighted by atomic mass is 10.3. The molecule has 8 heteroatoms. The SMILES string of the molecule is Cn1cc(-c2nc(C(=O)N(CC(=O)O)C3CC3)cs2)cn1. The molecule has 1 amide bonds. The molecule has 1 N–H and O–H groups in total. The zero-order valence-electron chi connectivity index (χ0n) is 11.4. The van der Waals surface area contributed by atoms with Crippen LogP contribution in [0.15, 0.2) is 17.8 Å². The van der Waals surface area contributed by atoms with Crippen LogP contribution in [0.4, 0.5) is 0 Å². The topological polar surface area (TPSA) is 88.3 Å². The van der Waals surface area contributed by atoms with Gasteiger partial charge in [-0.2, -0.15) is 5.10 Å². The van der Waals surface area contributed by atoms with Crippen molar-refractivity contribution < 1.29 is 14.7 Å². The summed E-state index contributed by atoms with van der Waals surface area (Å²) >= 11 is 1.35. The monoisotopic (exact) mass is 306 g/mol. The quantitative estimate of drug-likeness (QED) is 0.897. The Morgan fingerprint density at radius 2 is 2.29 bits per heavy atom. The fraction of sp³-hybridized carbons (Fsp3) is 0.385. The molecule has 0 saturated heterocycles. The molecule has 1 saturated carbocycles. The highest BCUT2D eigenvalue weighted by Crippen LogP contribution is 2.29. The van der Waals surface area contributed by atoms with Crippen LogP contribution in [0, 0.1) is 0 Å². The number of amides is 1. The van der Waals surface area contributed by atoms with Crippen molar-refractivity contribution >= 4 is 23.2 Å². The molecule has 0 spiro atoms. The second kappa shape index (κ2) is 5.28. The Kier molecular flexibility index (Phi) is 3.46. The minimum absolute atomic E-state index is 0.0390. The lowest BCUT2D eigenvalue weighted by Crippen LogP contribution is -2.37. The first kappa shape index (κ1) is 13.7. The Hall–Kier alpha value is -2.22. The molecule has 110 valence electrons. The van der Waals surface area contributed by atoms with Crippen molar-refractivity contribution in [2.45, 2.75) is 18.9 Å². The number of rotatable bonds is 5. The molecule has 2 aromatic heterocycles. The van der Waals surface area contributed by atoms with Crippen molar-refractivity contribution in [3.8, 4) is 10.6 Å². The number of nitrogens with zero attached hydrogens (tertiary/aromatic N) is 4. The molecule has 0 aromatic carbocycles. The van der Waals surface area contributed by atoms with Gasteiger partial charge in [-0.3, -0.25) is 14.3 Å². The van der Waals surface area contributed by atoms with E-state index in [4.69, 9.17) is 5.11 Å². The number of hydrogen-bond donors (Lipinski definition) is 1. The van der Waals surface area contributed by atoms with Crippen LogP contribution < -0.4 is 0 Å². The van der Waals surface area contributed by atoms with Crippen molar-refractivity contribution in [3.63, 3.8) is 0 Å². The van der Waals surface area contributed by atoms with Gasteiger partial charge in [0.1, 0.15) is 17.2 Å². The van der Waals surface area contributed by atoms with E-state index in [1.165, 1.54) is 16.2 Å². The Morgan fingerprint density at radius 1 is 1.52 bits per heavy atom. The third-order valence-corrected chi connectivity index (χ3v) is 4.12. The Labute approximate surface area is 124 Å². The summed E-state index contributed by atoms with van der Waals surface area (Å²) in [5, 5.41) is 15.4. The maximum atomic E-state index is 12.4. The van der Waals surface area contributed by atoms with Crippen LogP contribution in [0.1, 0.15) is 23.3 Å². The van der Waals surface area contributed by atoms with E-state index in [1.54, 1.807) is 16.3 Å². The van der Waals surface area contributed by atoms with Gasteiger partial charge in [0, 0.05) is 30.2 Å². The second-order valence-corrected chi connectivity index (χ2v) is 5.86. The highest BCUT2D eigenvalue weighted by atomic mass is 32.1. The number of carbonyl (C=O) groups is 2. The fourth-order valence-electron chi connectivity index (χ4n) is 2.08. The molecule has 2 heterocycles. The predicted octanol–water partition coefficient (Wildman–Crippen LogP) is 1.23. The zero-order valence-corrected chi connectivity index (χ0v) is 12.2. The van der Waals surface area contributed by atoms with Crippen molar-refractivity contribution in [3.05, 3.63) is 23.5 Å². The van der Waals surface area contributed by atoms with Gasteiger partial charge in [0.05, 0.1) is 6.20 Å². The van der Waals surface area contributed by atoms with E-state index in [2.05, 4.69) is 10.1 Å². The summed E-state index contributed by atoms with van der Waals surface area (Å²) in [5.41, 5.74) is 1.14. The number of carboxylic acid groups (broad SMARTS) is 1. The van der Waals surface area contributed by atoms with Gasteiger partial charge in [0.15, 0.2) is 0 Å². The molecule has 0 atom stereocenters. The summed E-state index contributed by atoms with van der Waals surface area (Å²) in [6.07, 6.45) is 5.23. The first-order valence-electron chi connectivity index (χ1n) is 6.52. The van der Waals surface area contributed by atoms with Gasteiger partial charge in [-0.1, -0.05) is 0 Å². The Bertz CT molecular complexity index is 689. The third kappa shape index (κ3) is 2.94. The molecule has 21 heavy (non-hydrogen) atoms. The molecule has 3 rings (SSSR count). The maximum absolute atomic E-state index is 12.4. The summed E-state index contributed by atoms with van der Waals surface area (Å²) < 4.78 is 1.67. The molecule has 0 aliphatic heterocycles. The molecule has 0 bridgehead atoms. The van der Waals surface area contributed by atoms with E-state index < -0.39 is 5.97 Å². The van der Waals surface area contributed by atoms with Gasteiger partial charge in [0.25, 0.3) is 5.91 Å². The number of carbonyl (C=O) groups excluding carboxylic acids is 1. The van der Waals surface area contributed by atoms with Crippen LogP contribution in [0.2, 0.25) is 0 Å². The molecular formula is C13H14N4O3S. The Balaban J connectivity index is 1.81. The number of aromatic nitrogens is 3. The van der Waals surface area contributed by atoms with E-state index in [0.717, 1.165) is 18.4 Å². The van der Waals surface area contributed by atoms with Crippen molar-refractivity contribution in [2.75, 3.05) is 6.54 Å². The van der Waals surface area contributed by atoms with Crippen LogP contribution in [0.5, 0.6) is 0 Å². The second-order valence-electron chi connectivity index (χ2n) is 5.00. The third-order valence-electron chi connectivity index (χ3n) is 3.23. The minimum atomic E-state index is -1.00. The van der Waals surface area contributed by atoms with Gasteiger partial charge in [-0.25, -0.2) is 4.98 Å². The van der Waals surface area contributed by atoms with E-state index in [1.807, 2.05) is 13.2 Å². The minimum Gasteiger partial charge on any atom is -0.480 e. The number of carboxylic acids is 1. The zero-order chi connectivity index (χ0) is 15.0. The van der Waals surface area contributed by atoms with E-state index in [9.17, 15) is 9.59 Å². The summed E-state index contributed by atoms with van der Waals surface area (Å²) in [6, 6.07) is 0.0390. The number of aliphatic carboxylic acids is 1. The molecule has 0 unspecified atom stereocenters. The molecule has 7 nitrogen and oxygen atoms in total. The van der Waals surface area contributed by atoms with Gasteiger partial charge in [0.2, 0.25) is 0 Å². The molecule has 1 fully saturated rings. The van der Waals surface area contributed by atoms with Crippen LogP contribution in [0.25, 0.3) is 10.6 Å². The highest BCUT2D eigenvalue weighted by Gasteiger charge is 2.35.